The third-order valence-corrected chi connectivity index (χ3v) is 7.27. The molecule has 1 aliphatic heterocycles. The number of hydrogen-bond donors (Lipinski definition) is 7. The quantitative estimate of drug-likeness (QED) is 0.116. The smallest absolute Gasteiger partial charge is 0.338 e. The Hall–Kier alpha value is -5.02. The summed E-state index contributed by atoms with van der Waals surface area (Å²) in [5.41, 5.74) is -1.53. The average molecular weight is 613 g/mol. The molecule has 0 radical (unpaired) electrons. The van der Waals surface area contributed by atoms with Crippen molar-refractivity contribution < 1.29 is 63.9 Å². The summed E-state index contributed by atoms with van der Waals surface area (Å²) in [7, 11) is 2.76. The van der Waals surface area contributed by atoms with Crippen molar-refractivity contribution in [3.05, 3.63) is 69.9 Å². The Bertz CT molecular complexity index is 1780. The maximum Gasteiger partial charge on any atom is 0.338 e. The summed E-state index contributed by atoms with van der Waals surface area (Å²) in [6.45, 7) is -0.802. The van der Waals surface area contributed by atoms with Gasteiger partial charge in [-0.2, -0.15) is 0 Å². The van der Waals surface area contributed by atoms with Crippen LogP contribution in [0.4, 0.5) is 0 Å². The van der Waals surface area contributed by atoms with Gasteiger partial charge in [0.25, 0.3) is 0 Å². The Morgan fingerprint density at radius 3 is 2.23 bits per heavy atom. The van der Waals surface area contributed by atoms with Gasteiger partial charge < -0.3 is 59.1 Å². The van der Waals surface area contributed by atoms with Crippen molar-refractivity contribution >= 4 is 16.9 Å². The summed E-state index contributed by atoms with van der Waals surface area (Å²) < 4.78 is 27.7. The van der Waals surface area contributed by atoms with Gasteiger partial charge in [-0.3, -0.25) is 4.79 Å². The maximum absolute atomic E-state index is 13.3. The molecule has 14 heteroatoms. The second kappa shape index (κ2) is 11.9. The largest absolute Gasteiger partial charge is 0.507 e. The number of methoxy groups -OCH3 is 2. The number of phenolic OH excluding ortho intramolecular Hbond substituents is 4. The predicted molar refractivity (Wildman–Crippen MR) is 150 cm³/mol. The Labute approximate surface area is 248 Å². The first-order valence-electron chi connectivity index (χ1n) is 13.1. The molecule has 1 saturated heterocycles. The molecule has 14 nitrogen and oxygen atoms in total. The molecule has 2 heterocycles. The van der Waals surface area contributed by atoms with E-state index in [1.54, 1.807) is 0 Å². The van der Waals surface area contributed by atoms with Crippen molar-refractivity contribution in [1.82, 2.24) is 0 Å². The average Bonchev–Trinajstić information content (AvgIpc) is 3.00. The minimum absolute atomic E-state index is 0.0480. The van der Waals surface area contributed by atoms with Crippen LogP contribution in [0.15, 0.2) is 57.7 Å². The van der Waals surface area contributed by atoms with Gasteiger partial charge >= 0.3 is 5.97 Å². The number of aromatic hydroxyl groups is 4. The van der Waals surface area contributed by atoms with Crippen LogP contribution >= 0.6 is 0 Å². The summed E-state index contributed by atoms with van der Waals surface area (Å²) in [6, 6.07) is 9.51. The molecule has 0 amide bonds. The topological polar surface area (TPSA) is 226 Å². The van der Waals surface area contributed by atoms with E-state index in [1.165, 1.54) is 38.5 Å². The number of carbonyl (C=O) groups is 1. The zero-order valence-electron chi connectivity index (χ0n) is 23.2. The van der Waals surface area contributed by atoms with E-state index in [1.807, 2.05) is 0 Å². The molecule has 3 aromatic carbocycles. The lowest BCUT2D eigenvalue weighted by atomic mass is 9.89. The number of carbonyl (C=O) groups excluding carboxylic acids is 1. The summed E-state index contributed by atoms with van der Waals surface area (Å²) in [6.07, 6.45) is -8.53. The molecule has 0 bridgehead atoms. The normalized spacial score (nSPS) is 21.6. The highest BCUT2D eigenvalue weighted by atomic mass is 16.6. The van der Waals surface area contributed by atoms with Crippen LogP contribution in [0.3, 0.4) is 0 Å². The van der Waals surface area contributed by atoms with Crippen molar-refractivity contribution in [2.75, 3.05) is 20.8 Å². The van der Waals surface area contributed by atoms with Gasteiger partial charge in [0.15, 0.2) is 40.1 Å². The van der Waals surface area contributed by atoms with E-state index in [2.05, 4.69) is 0 Å². The Balaban J connectivity index is 1.67. The predicted octanol–water partition coefficient (Wildman–Crippen LogP) is 1.68. The van der Waals surface area contributed by atoms with Crippen molar-refractivity contribution in [3.63, 3.8) is 0 Å². The van der Waals surface area contributed by atoms with Gasteiger partial charge in [0.2, 0.25) is 0 Å². The number of benzene rings is 3. The zero-order chi connectivity index (χ0) is 31.9. The Kier molecular flexibility index (Phi) is 8.25. The van der Waals surface area contributed by atoms with Crippen LogP contribution in [0.1, 0.15) is 22.0 Å². The standard InChI is InChI=1S/C30H28O14/c1-40-19-6-4-13(8-21(19)41-2)30(39)44-29-26(38)25(37)22(11-31)43-28(29)24-17(35)9-16(34)23-18(36)10-20(42-27(23)24)12-3-5-14(32)15(33)7-12/h3-10,22,25-26,28-29,31-35,37-38H,11H2,1-2H3/t22-,25+,26-,28-,29-/m0/s1. The van der Waals surface area contributed by atoms with E-state index in [0.717, 1.165) is 24.3 Å². The fraction of sp³-hybridized carbons (Fsp3) is 0.267. The molecule has 5 rings (SSSR count). The van der Waals surface area contributed by atoms with Gasteiger partial charge in [-0.15, -0.1) is 0 Å². The van der Waals surface area contributed by atoms with Crippen molar-refractivity contribution in [3.8, 4) is 45.8 Å². The molecule has 0 saturated carbocycles. The first-order valence-corrected chi connectivity index (χ1v) is 13.1. The molecule has 1 aliphatic rings. The van der Waals surface area contributed by atoms with Crippen LogP contribution in [-0.2, 0) is 9.47 Å². The minimum atomic E-state index is -1.89. The fourth-order valence-corrected chi connectivity index (χ4v) is 5.02. The summed E-state index contributed by atoms with van der Waals surface area (Å²) in [5, 5.41) is 72.4. The third kappa shape index (κ3) is 5.31. The van der Waals surface area contributed by atoms with E-state index >= 15 is 0 Å². The number of aliphatic hydroxyl groups excluding tert-OH is 3. The second-order valence-electron chi connectivity index (χ2n) is 9.91. The van der Waals surface area contributed by atoms with Gasteiger partial charge in [0.1, 0.15) is 47.1 Å². The van der Waals surface area contributed by atoms with E-state index in [9.17, 15) is 45.3 Å². The lowest BCUT2D eigenvalue weighted by molar-refractivity contribution is -0.231. The van der Waals surface area contributed by atoms with E-state index in [-0.39, 0.29) is 28.2 Å². The number of esters is 1. The Morgan fingerprint density at radius 2 is 1.57 bits per heavy atom. The first-order chi connectivity index (χ1) is 21.0. The Morgan fingerprint density at radius 1 is 0.841 bits per heavy atom. The number of phenols is 4. The number of ether oxygens (including phenoxy) is 4. The molecule has 0 aliphatic carbocycles. The molecular formula is C30H28O14. The lowest BCUT2D eigenvalue weighted by Crippen LogP contribution is -2.56. The molecule has 0 unspecified atom stereocenters. The van der Waals surface area contributed by atoms with Crippen LogP contribution in [0.2, 0.25) is 0 Å². The SMILES string of the molecule is COc1ccc(C(=O)O[C@H]2[C@@H](O)[C@H](O)[C@H](CO)O[C@H]2c2c(O)cc(O)c3c(=O)cc(-c4ccc(O)c(O)c4)oc23)cc1OC. The van der Waals surface area contributed by atoms with Crippen LogP contribution < -0.4 is 14.9 Å². The monoisotopic (exact) mass is 612 g/mol. The molecule has 232 valence electrons. The number of rotatable bonds is 7. The van der Waals surface area contributed by atoms with Gasteiger partial charge in [-0.1, -0.05) is 0 Å². The number of hydrogen-bond acceptors (Lipinski definition) is 14. The molecule has 4 aromatic rings. The van der Waals surface area contributed by atoms with Crippen LogP contribution in [-0.4, -0.2) is 87.0 Å². The second-order valence-corrected chi connectivity index (χ2v) is 9.91. The van der Waals surface area contributed by atoms with Crippen LogP contribution in [0.25, 0.3) is 22.3 Å². The summed E-state index contributed by atoms with van der Waals surface area (Å²) >= 11 is 0. The molecule has 1 aromatic heterocycles. The highest BCUT2D eigenvalue weighted by molar-refractivity contribution is 5.91. The molecule has 5 atom stereocenters. The highest BCUT2D eigenvalue weighted by Gasteiger charge is 2.49. The molecule has 1 fully saturated rings. The maximum atomic E-state index is 13.3. The third-order valence-electron chi connectivity index (χ3n) is 7.27. The highest BCUT2D eigenvalue weighted by Crippen LogP contribution is 2.45. The number of fused-ring (bicyclic) bond motifs is 1. The van der Waals surface area contributed by atoms with Gasteiger partial charge in [0.05, 0.1) is 32.0 Å². The van der Waals surface area contributed by atoms with Gasteiger partial charge in [-0.05, 0) is 36.4 Å². The first kappa shape index (κ1) is 30.4. The summed E-state index contributed by atoms with van der Waals surface area (Å²) in [5.74, 6) is -3.02. The molecule has 44 heavy (non-hydrogen) atoms. The van der Waals surface area contributed by atoms with E-state index in [4.69, 9.17) is 23.4 Å². The summed E-state index contributed by atoms with van der Waals surface area (Å²) in [4.78, 5) is 26.5. The zero-order valence-corrected chi connectivity index (χ0v) is 23.2. The van der Waals surface area contributed by atoms with Gasteiger partial charge in [-0.25, -0.2) is 4.79 Å². The minimum Gasteiger partial charge on any atom is -0.507 e. The van der Waals surface area contributed by atoms with Gasteiger partial charge in [0, 0.05) is 17.7 Å². The molecule has 0 spiro atoms. The lowest BCUT2D eigenvalue weighted by Gasteiger charge is -2.42. The molecule has 7 N–H and O–H groups in total. The van der Waals surface area contributed by atoms with Crippen molar-refractivity contribution in [2.45, 2.75) is 30.5 Å². The molecular weight excluding hydrogens is 584 g/mol. The van der Waals surface area contributed by atoms with E-state index in [0.29, 0.717) is 5.75 Å². The van der Waals surface area contributed by atoms with E-state index < -0.39 is 82.5 Å². The fourth-order valence-electron chi connectivity index (χ4n) is 5.02. The number of aliphatic hydroxyl groups is 3. The van der Waals surface area contributed by atoms with Crippen molar-refractivity contribution in [2.24, 2.45) is 0 Å². The van der Waals surface area contributed by atoms with Crippen molar-refractivity contribution in [1.29, 1.82) is 0 Å². The van der Waals surface area contributed by atoms with Crippen LogP contribution in [0.5, 0.6) is 34.5 Å². The van der Waals surface area contributed by atoms with Crippen LogP contribution in [0, 0.1) is 0 Å².